The monoisotopic (exact) mass is 224 g/mol. The number of benzene rings is 1. The number of aliphatic hydroxyl groups is 1. The topological polar surface area (TPSA) is 55.8 Å². The van der Waals surface area contributed by atoms with Gasteiger partial charge in [0.2, 0.25) is 0 Å². The van der Waals surface area contributed by atoms with E-state index in [1.165, 1.54) is 7.11 Å². The number of carbonyl (C=O) groups excluding carboxylic acids is 1. The number of esters is 1. The van der Waals surface area contributed by atoms with Crippen molar-refractivity contribution in [1.29, 1.82) is 0 Å². The Labute approximate surface area is 94.8 Å². The molecule has 1 aromatic carbocycles. The van der Waals surface area contributed by atoms with Crippen molar-refractivity contribution >= 4 is 5.97 Å². The van der Waals surface area contributed by atoms with Crippen molar-refractivity contribution in [2.24, 2.45) is 0 Å². The smallest absolute Gasteiger partial charge is 0.308 e. The molecule has 0 aliphatic carbocycles. The van der Waals surface area contributed by atoms with Gasteiger partial charge in [-0.3, -0.25) is 4.79 Å². The second-order valence-electron chi connectivity index (χ2n) is 3.53. The third-order valence-corrected chi connectivity index (χ3v) is 2.40. The van der Waals surface area contributed by atoms with Crippen LogP contribution in [0.4, 0.5) is 0 Å². The van der Waals surface area contributed by atoms with Crippen LogP contribution >= 0.6 is 0 Å². The summed E-state index contributed by atoms with van der Waals surface area (Å²) in [5, 5.41) is 9.78. The van der Waals surface area contributed by atoms with E-state index in [9.17, 15) is 9.90 Å². The van der Waals surface area contributed by atoms with E-state index in [0.29, 0.717) is 11.3 Å². The van der Waals surface area contributed by atoms with Crippen LogP contribution in [0.25, 0.3) is 0 Å². The van der Waals surface area contributed by atoms with Gasteiger partial charge >= 0.3 is 5.97 Å². The Morgan fingerprint density at radius 3 is 2.69 bits per heavy atom. The minimum atomic E-state index is -0.859. The number of aliphatic hydroxyl groups excluding tert-OH is 1. The summed E-state index contributed by atoms with van der Waals surface area (Å²) in [6, 6.07) is 5.34. The highest BCUT2D eigenvalue weighted by Gasteiger charge is 2.14. The van der Waals surface area contributed by atoms with Crippen LogP contribution in [0.15, 0.2) is 18.2 Å². The Morgan fingerprint density at radius 1 is 1.44 bits per heavy atom. The van der Waals surface area contributed by atoms with Crippen LogP contribution in [0.1, 0.15) is 23.7 Å². The Bertz CT molecular complexity index is 373. The van der Waals surface area contributed by atoms with Crippen molar-refractivity contribution in [3.05, 3.63) is 29.3 Å². The molecule has 0 saturated carbocycles. The fourth-order valence-corrected chi connectivity index (χ4v) is 1.40. The van der Waals surface area contributed by atoms with Crippen molar-refractivity contribution in [3.63, 3.8) is 0 Å². The lowest BCUT2D eigenvalue weighted by atomic mass is 10.0. The van der Waals surface area contributed by atoms with E-state index in [0.717, 1.165) is 5.56 Å². The molecule has 1 atom stereocenters. The minimum Gasteiger partial charge on any atom is -0.496 e. The summed E-state index contributed by atoms with van der Waals surface area (Å²) in [6.07, 6.45) is -0.912. The van der Waals surface area contributed by atoms with Gasteiger partial charge in [0.15, 0.2) is 0 Å². The molecule has 0 heterocycles. The predicted octanol–water partition coefficient (Wildman–Crippen LogP) is 1.60. The van der Waals surface area contributed by atoms with Gasteiger partial charge in [-0.05, 0) is 24.1 Å². The molecule has 4 nitrogen and oxygen atoms in total. The summed E-state index contributed by atoms with van der Waals surface area (Å²) in [5.74, 6) is 0.258. The van der Waals surface area contributed by atoms with E-state index in [2.05, 4.69) is 4.74 Å². The maximum absolute atomic E-state index is 11.0. The standard InChI is InChI=1S/C12H16O4/c1-8-4-5-9(6-11(8)15-2)10(13)7-12(14)16-3/h4-6,10,13H,7H2,1-3H3/t10-/m0/s1. The van der Waals surface area contributed by atoms with Crippen LogP contribution in [0.2, 0.25) is 0 Å². The van der Waals surface area contributed by atoms with E-state index >= 15 is 0 Å². The molecule has 88 valence electrons. The average molecular weight is 224 g/mol. The largest absolute Gasteiger partial charge is 0.496 e. The summed E-state index contributed by atoms with van der Waals surface area (Å²) >= 11 is 0. The normalized spacial score (nSPS) is 12.0. The highest BCUT2D eigenvalue weighted by atomic mass is 16.5. The molecule has 0 bridgehead atoms. The molecule has 0 aliphatic rings. The summed E-state index contributed by atoms with van der Waals surface area (Å²) < 4.78 is 9.63. The van der Waals surface area contributed by atoms with E-state index < -0.39 is 12.1 Å². The number of rotatable bonds is 4. The first-order valence-corrected chi connectivity index (χ1v) is 4.98. The van der Waals surface area contributed by atoms with Crippen LogP contribution in [-0.4, -0.2) is 25.3 Å². The van der Waals surface area contributed by atoms with Gasteiger partial charge in [-0.25, -0.2) is 0 Å². The molecule has 0 saturated heterocycles. The zero-order chi connectivity index (χ0) is 12.1. The Kier molecular flexibility index (Phi) is 4.31. The molecule has 0 fully saturated rings. The predicted molar refractivity (Wildman–Crippen MR) is 59.3 cm³/mol. The zero-order valence-corrected chi connectivity index (χ0v) is 9.69. The molecule has 4 heteroatoms. The maximum atomic E-state index is 11.0. The minimum absolute atomic E-state index is 0.0529. The van der Waals surface area contributed by atoms with Crippen LogP contribution in [0, 0.1) is 6.92 Å². The van der Waals surface area contributed by atoms with Crippen LogP contribution in [-0.2, 0) is 9.53 Å². The molecule has 0 radical (unpaired) electrons. The highest BCUT2D eigenvalue weighted by Crippen LogP contribution is 2.24. The van der Waals surface area contributed by atoms with Gasteiger partial charge in [0.05, 0.1) is 26.7 Å². The van der Waals surface area contributed by atoms with Crippen molar-refractivity contribution < 1.29 is 19.4 Å². The first-order chi connectivity index (χ1) is 7.58. The van der Waals surface area contributed by atoms with E-state index in [-0.39, 0.29) is 6.42 Å². The molecular formula is C12H16O4. The van der Waals surface area contributed by atoms with Crippen molar-refractivity contribution in [2.45, 2.75) is 19.4 Å². The van der Waals surface area contributed by atoms with Gasteiger partial charge in [0.25, 0.3) is 0 Å². The van der Waals surface area contributed by atoms with Gasteiger partial charge < -0.3 is 14.6 Å². The Hall–Kier alpha value is -1.55. The fraction of sp³-hybridized carbons (Fsp3) is 0.417. The van der Waals surface area contributed by atoms with Crippen LogP contribution in [0.3, 0.4) is 0 Å². The molecule has 16 heavy (non-hydrogen) atoms. The third-order valence-electron chi connectivity index (χ3n) is 2.40. The van der Waals surface area contributed by atoms with Crippen molar-refractivity contribution in [1.82, 2.24) is 0 Å². The van der Waals surface area contributed by atoms with Crippen molar-refractivity contribution in [3.8, 4) is 5.75 Å². The number of hydrogen-bond donors (Lipinski definition) is 1. The van der Waals surface area contributed by atoms with Gasteiger partial charge in [-0.2, -0.15) is 0 Å². The Balaban J connectivity index is 2.83. The van der Waals surface area contributed by atoms with Gasteiger partial charge in [0.1, 0.15) is 5.75 Å². The van der Waals surface area contributed by atoms with E-state index in [1.807, 2.05) is 13.0 Å². The summed E-state index contributed by atoms with van der Waals surface area (Å²) in [4.78, 5) is 11.0. The maximum Gasteiger partial charge on any atom is 0.308 e. The van der Waals surface area contributed by atoms with Gasteiger partial charge in [-0.1, -0.05) is 12.1 Å². The quantitative estimate of drug-likeness (QED) is 0.789. The Morgan fingerprint density at radius 2 is 2.12 bits per heavy atom. The highest BCUT2D eigenvalue weighted by molar-refractivity contribution is 5.70. The fourth-order valence-electron chi connectivity index (χ4n) is 1.40. The summed E-state index contributed by atoms with van der Waals surface area (Å²) in [6.45, 7) is 1.91. The SMILES string of the molecule is COC(=O)C[C@H](O)c1ccc(C)c(OC)c1. The molecule has 0 amide bonds. The average Bonchev–Trinajstić information content (AvgIpc) is 2.29. The number of hydrogen-bond acceptors (Lipinski definition) is 4. The lowest BCUT2D eigenvalue weighted by molar-refractivity contribution is -0.142. The van der Waals surface area contributed by atoms with E-state index in [4.69, 9.17) is 4.74 Å². The molecule has 0 unspecified atom stereocenters. The molecule has 0 spiro atoms. The van der Waals surface area contributed by atoms with Crippen LogP contribution < -0.4 is 4.74 Å². The molecule has 1 aromatic rings. The summed E-state index contributed by atoms with van der Waals surface area (Å²) in [7, 11) is 2.86. The lowest BCUT2D eigenvalue weighted by Crippen LogP contribution is -2.08. The van der Waals surface area contributed by atoms with E-state index in [1.54, 1.807) is 19.2 Å². The number of methoxy groups -OCH3 is 2. The molecule has 0 aromatic heterocycles. The zero-order valence-electron chi connectivity index (χ0n) is 9.69. The second kappa shape index (κ2) is 5.51. The second-order valence-corrected chi connectivity index (χ2v) is 3.53. The lowest BCUT2D eigenvalue weighted by Gasteiger charge is -2.12. The molecule has 1 rings (SSSR count). The molecule has 1 N–H and O–H groups in total. The number of carbonyl (C=O) groups is 1. The van der Waals surface area contributed by atoms with Gasteiger partial charge in [-0.15, -0.1) is 0 Å². The first-order valence-electron chi connectivity index (χ1n) is 4.98. The third kappa shape index (κ3) is 2.97. The number of aryl methyl sites for hydroxylation is 1. The molecule has 0 aliphatic heterocycles. The van der Waals surface area contributed by atoms with Crippen molar-refractivity contribution in [2.75, 3.05) is 14.2 Å². The van der Waals surface area contributed by atoms with Crippen LogP contribution in [0.5, 0.6) is 5.75 Å². The number of ether oxygens (including phenoxy) is 2. The molecular weight excluding hydrogens is 208 g/mol. The van der Waals surface area contributed by atoms with Gasteiger partial charge in [0, 0.05) is 0 Å². The first kappa shape index (κ1) is 12.5. The summed E-state index contributed by atoms with van der Waals surface area (Å²) in [5.41, 5.74) is 1.63.